The molecule has 1 fully saturated rings. The Morgan fingerprint density at radius 2 is 2.27 bits per heavy atom. The van der Waals surface area contributed by atoms with E-state index in [9.17, 15) is 10.1 Å². The van der Waals surface area contributed by atoms with E-state index in [4.69, 9.17) is 0 Å². The van der Waals surface area contributed by atoms with Crippen LogP contribution in [0.1, 0.15) is 29.0 Å². The van der Waals surface area contributed by atoms with Gasteiger partial charge < -0.3 is 0 Å². The van der Waals surface area contributed by atoms with Crippen LogP contribution >= 0.6 is 0 Å². The predicted molar refractivity (Wildman–Crippen MR) is 83.7 cm³/mol. The summed E-state index contributed by atoms with van der Waals surface area (Å²) in [5.41, 5.74) is 3.20. The lowest BCUT2D eigenvalue weighted by Gasteiger charge is -2.16. The second kappa shape index (κ2) is 5.88. The van der Waals surface area contributed by atoms with Crippen LogP contribution in [0.25, 0.3) is 0 Å². The molecule has 1 aromatic heterocycles. The zero-order valence-electron chi connectivity index (χ0n) is 12.9. The standard InChI is InChI=1S/C16H20N4O2/c1-12-3-4-13(7-16(12)20(21)22)9-19-6-5-14(11-19)15-8-17-18(2)10-15/h3-4,7-8,10,14H,5-6,9,11H2,1-2H3/t14-/m0/s1. The van der Waals surface area contributed by atoms with Gasteiger partial charge >= 0.3 is 0 Å². The second-order valence-corrected chi connectivity index (χ2v) is 6.05. The number of benzene rings is 1. The van der Waals surface area contributed by atoms with E-state index in [0.29, 0.717) is 11.5 Å². The van der Waals surface area contributed by atoms with E-state index in [1.54, 1.807) is 13.0 Å². The summed E-state index contributed by atoms with van der Waals surface area (Å²) in [6.45, 7) is 4.53. The number of rotatable bonds is 4. The van der Waals surface area contributed by atoms with Crippen LogP contribution in [0.5, 0.6) is 0 Å². The molecule has 1 aliphatic heterocycles. The van der Waals surface area contributed by atoms with Gasteiger partial charge in [0, 0.05) is 43.9 Å². The lowest BCUT2D eigenvalue weighted by atomic mass is 10.0. The first-order valence-electron chi connectivity index (χ1n) is 7.48. The average molecular weight is 300 g/mol. The minimum absolute atomic E-state index is 0.209. The van der Waals surface area contributed by atoms with Crippen molar-refractivity contribution in [2.45, 2.75) is 25.8 Å². The van der Waals surface area contributed by atoms with Crippen LogP contribution < -0.4 is 0 Å². The van der Waals surface area contributed by atoms with Crippen molar-refractivity contribution in [1.82, 2.24) is 14.7 Å². The predicted octanol–water partition coefficient (Wildman–Crippen LogP) is 2.63. The minimum Gasteiger partial charge on any atom is -0.298 e. The fraction of sp³-hybridized carbons (Fsp3) is 0.438. The molecule has 0 spiro atoms. The van der Waals surface area contributed by atoms with Crippen LogP contribution in [0.2, 0.25) is 0 Å². The molecule has 0 bridgehead atoms. The Hall–Kier alpha value is -2.21. The first-order chi connectivity index (χ1) is 10.5. The molecule has 6 heteroatoms. The van der Waals surface area contributed by atoms with Gasteiger partial charge in [-0.1, -0.05) is 12.1 Å². The van der Waals surface area contributed by atoms with E-state index >= 15 is 0 Å². The molecule has 1 aliphatic rings. The van der Waals surface area contributed by atoms with Crippen LogP contribution in [0, 0.1) is 17.0 Å². The Labute approximate surface area is 129 Å². The Morgan fingerprint density at radius 3 is 2.95 bits per heavy atom. The summed E-state index contributed by atoms with van der Waals surface area (Å²) in [5.74, 6) is 0.508. The molecule has 0 radical (unpaired) electrons. The molecule has 1 aromatic carbocycles. The van der Waals surface area contributed by atoms with Crippen LogP contribution in [0.3, 0.4) is 0 Å². The van der Waals surface area contributed by atoms with Crippen molar-refractivity contribution in [3.05, 3.63) is 57.4 Å². The van der Waals surface area contributed by atoms with E-state index in [-0.39, 0.29) is 10.6 Å². The quantitative estimate of drug-likeness (QED) is 0.643. The van der Waals surface area contributed by atoms with Gasteiger partial charge in [-0.25, -0.2) is 0 Å². The SMILES string of the molecule is Cc1ccc(CN2CC[C@H](c3cnn(C)c3)C2)cc1[N+](=O)[O-]. The summed E-state index contributed by atoms with van der Waals surface area (Å²) in [6, 6.07) is 5.52. The van der Waals surface area contributed by atoms with Gasteiger partial charge in [-0.2, -0.15) is 5.10 Å². The molecule has 116 valence electrons. The maximum Gasteiger partial charge on any atom is 0.272 e. The normalized spacial score (nSPS) is 18.7. The van der Waals surface area contributed by atoms with Gasteiger partial charge in [0.1, 0.15) is 0 Å². The third-order valence-corrected chi connectivity index (χ3v) is 4.35. The Bertz CT molecular complexity index is 695. The van der Waals surface area contributed by atoms with Crippen molar-refractivity contribution < 1.29 is 4.92 Å². The Balaban J connectivity index is 1.67. The third-order valence-electron chi connectivity index (χ3n) is 4.35. The van der Waals surface area contributed by atoms with Gasteiger partial charge in [0.25, 0.3) is 5.69 Å². The zero-order chi connectivity index (χ0) is 15.7. The summed E-state index contributed by atoms with van der Waals surface area (Å²) in [4.78, 5) is 13.1. The molecule has 0 amide bonds. The first-order valence-corrected chi connectivity index (χ1v) is 7.48. The number of nitro groups is 1. The van der Waals surface area contributed by atoms with Crippen molar-refractivity contribution in [3.8, 4) is 0 Å². The van der Waals surface area contributed by atoms with Crippen molar-refractivity contribution in [3.63, 3.8) is 0 Å². The highest BCUT2D eigenvalue weighted by molar-refractivity contribution is 5.42. The molecule has 0 aliphatic carbocycles. The van der Waals surface area contributed by atoms with Gasteiger partial charge in [-0.3, -0.25) is 19.7 Å². The minimum atomic E-state index is -0.304. The average Bonchev–Trinajstić information content (AvgIpc) is 3.09. The molecule has 0 unspecified atom stereocenters. The van der Waals surface area contributed by atoms with Crippen molar-refractivity contribution in [2.75, 3.05) is 13.1 Å². The van der Waals surface area contributed by atoms with Crippen molar-refractivity contribution in [2.24, 2.45) is 7.05 Å². The van der Waals surface area contributed by atoms with Gasteiger partial charge in [-0.15, -0.1) is 0 Å². The number of hydrogen-bond donors (Lipinski definition) is 0. The highest BCUT2D eigenvalue weighted by atomic mass is 16.6. The largest absolute Gasteiger partial charge is 0.298 e. The topological polar surface area (TPSA) is 64.2 Å². The van der Waals surface area contributed by atoms with Gasteiger partial charge in [-0.05, 0) is 31.0 Å². The number of aromatic nitrogens is 2. The molecule has 3 rings (SSSR count). The van der Waals surface area contributed by atoms with Crippen LogP contribution in [-0.4, -0.2) is 32.7 Å². The van der Waals surface area contributed by atoms with Gasteiger partial charge in [0.2, 0.25) is 0 Å². The van der Waals surface area contributed by atoms with Crippen LogP contribution in [0.15, 0.2) is 30.6 Å². The van der Waals surface area contributed by atoms with Crippen LogP contribution in [-0.2, 0) is 13.6 Å². The first kappa shape index (κ1) is 14.7. The fourth-order valence-electron chi connectivity index (χ4n) is 3.11. The molecule has 22 heavy (non-hydrogen) atoms. The maximum absolute atomic E-state index is 11.0. The smallest absolute Gasteiger partial charge is 0.272 e. The number of nitro benzene ring substituents is 1. The number of nitrogens with zero attached hydrogens (tertiary/aromatic N) is 4. The molecule has 6 nitrogen and oxygen atoms in total. The molecule has 2 aromatic rings. The van der Waals surface area contributed by atoms with E-state index in [0.717, 1.165) is 31.6 Å². The lowest BCUT2D eigenvalue weighted by molar-refractivity contribution is -0.385. The molecule has 0 N–H and O–H groups in total. The highest BCUT2D eigenvalue weighted by Crippen LogP contribution is 2.28. The number of aryl methyl sites for hydroxylation is 2. The summed E-state index contributed by atoms with van der Waals surface area (Å²) in [5, 5.41) is 15.3. The highest BCUT2D eigenvalue weighted by Gasteiger charge is 2.25. The molecular weight excluding hydrogens is 280 g/mol. The molecule has 2 heterocycles. The van der Waals surface area contributed by atoms with Crippen LogP contribution in [0.4, 0.5) is 5.69 Å². The molecule has 0 saturated carbocycles. The monoisotopic (exact) mass is 300 g/mol. The second-order valence-electron chi connectivity index (χ2n) is 6.05. The third kappa shape index (κ3) is 3.01. The summed E-state index contributed by atoms with van der Waals surface area (Å²) in [6.07, 6.45) is 5.12. The summed E-state index contributed by atoms with van der Waals surface area (Å²) >= 11 is 0. The van der Waals surface area contributed by atoms with Gasteiger partial charge in [0.15, 0.2) is 0 Å². The number of likely N-dealkylation sites (tertiary alicyclic amines) is 1. The number of hydrogen-bond acceptors (Lipinski definition) is 4. The Morgan fingerprint density at radius 1 is 1.45 bits per heavy atom. The van der Waals surface area contributed by atoms with E-state index in [2.05, 4.69) is 16.2 Å². The van der Waals surface area contributed by atoms with E-state index in [1.165, 1.54) is 5.56 Å². The fourth-order valence-corrected chi connectivity index (χ4v) is 3.11. The molecule has 1 atom stereocenters. The summed E-state index contributed by atoms with van der Waals surface area (Å²) < 4.78 is 1.83. The Kier molecular flexibility index (Phi) is 3.94. The zero-order valence-corrected chi connectivity index (χ0v) is 12.9. The van der Waals surface area contributed by atoms with Crippen molar-refractivity contribution >= 4 is 5.69 Å². The maximum atomic E-state index is 11.0. The summed E-state index contributed by atoms with van der Waals surface area (Å²) in [7, 11) is 1.93. The van der Waals surface area contributed by atoms with Crippen molar-refractivity contribution in [1.29, 1.82) is 0 Å². The molecule has 1 saturated heterocycles. The lowest BCUT2D eigenvalue weighted by Crippen LogP contribution is -2.19. The van der Waals surface area contributed by atoms with Gasteiger partial charge in [0.05, 0.1) is 11.1 Å². The molecular formula is C16H20N4O2. The van der Waals surface area contributed by atoms with E-state index in [1.807, 2.05) is 30.1 Å². The van der Waals surface area contributed by atoms with E-state index < -0.39 is 0 Å².